The third-order valence-electron chi connectivity index (χ3n) is 3.73. The highest BCUT2D eigenvalue weighted by Gasteiger charge is 2.24. The topological polar surface area (TPSA) is 42.3 Å². The van der Waals surface area contributed by atoms with Crippen molar-refractivity contribution in [3.05, 3.63) is 35.0 Å². The highest BCUT2D eigenvalue weighted by Crippen LogP contribution is 2.27. The molecule has 1 saturated heterocycles. The van der Waals surface area contributed by atoms with Crippen molar-refractivity contribution in [1.82, 2.24) is 9.47 Å². The van der Waals surface area contributed by atoms with Crippen LogP contribution in [-0.2, 0) is 0 Å². The summed E-state index contributed by atoms with van der Waals surface area (Å²) in [7, 11) is 0. The number of rotatable bonds is 1. The van der Waals surface area contributed by atoms with Crippen molar-refractivity contribution in [3.63, 3.8) is 0 Å². The lowest BCUT2D eigenvalue weighted by Gasteiger charge is -2.14. The van der Waals surface area contributed by atoms with E-state index in [0.717, 1.165) is 36.8 Å². The first-order chi connectivity index (χ1) is 9.58. The number of amides is 1. The standard InChI is InChI=1S/C15H15ClN2O2/c1-10(19)18-9-13(15(20)17-6-2-3-7-17)12-8-11(16)4-5-14(12)18/h4-5,8-9H,2-3,6-7H2,1H3. The lowest BCUT2D eigenvalue weighted by atomic mass is 10.1. The Morgan fingerprint density at radius 2 is 1.90 bits per heavy atom. The number of likely N-dealkylation sites (tertiary alicyclic amines) is 1. The molecule has 20 heavy (non-hydrogen) atoms. The first kappa shape index (κ1) is 13.2. The molecule has 1 aliphatic rings. The van der Waals surface area contributed by atoms with Crippen LogP contribution in [0.4, 0.5) is 0 Å². The van der Waals surface area contributed by atoms with Crippen LogP contribution in [0.1, 0.15) is 34.9 Å². The van der Waals surface area contributed by atoms with Gasteiger partial charge in [-0.15, -0.1) is 0 Å². The Bertz CT molecular complexity index is 699. The maximum absolute atomic E-state index is 12.6. The van der Waals surface area contributed by atoms with Crippen molar-refractivity contribution in [2.45, 2.75) is 19.8 Å². The number of halogens is 1. The summed E-state index contributed by atoms with van der Waals surface area (Å²) in [5.41, 5.74) is 1.28. The van der Waals surface area contributed by atoms with Crippen molar-refractivity contribution < 1.29 is 9.59 Å². The molecule has 0 aliphatic carbocycles. The second kappa shape index (κ2) is 4.94. The number of fused-ring (bicyclic) bond motifs is 1. The van der Waals surface area contributed by atoms with Crippen LogP contribution in [-0.4, -0.2) is 34.4 Å². The molecule has 3 rings (SSSR count). The normalized spacial score (nSPS) is 15.0. The Morgan fingerprint density at radius 3 is 2.55 bits per heavy atom. The monoisotopic (exact) mass is 290 g/mol. The van der Waals surface area contributed by atoms with Crippen molar-refractivity contribution in [3.8, 4) is 0 Å². The fraction of sp³-hybridized carbons (Fsp3) is 0.333. The van der Waals surface area contributed by atoms with Gasteiger partial charge in [0.1, 0.15) is 0 Å². The van der Waals surface area contributed by atoms with Crippen LogP contribution in [0.5, 0.6) is 0 Å². The zero-order valence-corrected chi connectivity index (χ0v) is 12.0. The number of hydrogen-bond acceptors (Lipinski definition) is 2. The van der Waals surface area contributed by atoms with E-state index < -0.39 is 0 Å². The maximum Gasteiger partial charge on any atom is 0.256 e. The van der Waals surface area contributed by atoms with Crippen molar-refractivity contribution >= 4 is 34.3 Å². The molecule has 1 aliphatic heterocycles. The number of hydrogen-bond donors (Lipinski definition) is 0. The van der Waals surface area contributed by atoms with Gasteiger partial charge in [-0.25, -0.2) is 0 Å². The number of aromatic nitrogens is 1. The molecule has 0 atom stereocenters. The summed E-state index contributed by atoms with van der Waals surface area (Å²) in [6, 6.07) is 5.26. The summed E-state index contributed by atoms with van der Waals surface area (Å²) in [4.78, 5) is 26.1. The van der Waals surface area contributed by atoms with Gasteiger partial charge in [-0.2, -0.15) is 0 Å². The van der Waals surface area contributed by atoms with E-state index >= 15 is 0 Å². The van der Waals surface area contributed by atoms with Gasteiger partial charge in [-0.1, -0.05) is 11.6 Å². The van der Waals surface area contributed by atoms with E-state index in [1.807, 2.05) is 4.90 Å². The molecule has 0 bridgehead atoms. The summed E-state index contributed by atoms with van der Waals surface area (Å²) in [5, 5.41) is 1.30. The van der Waals surface area contributed by atoms with E-state index in [1.165, 1.54) is 11.5 Å². The summed E-state index contributed by atoms with van der Waals surface area (Å²) in [6.45, 7) is 3.05. The Labute approximate surface area is 121 Å². The first-order valence-corrected chi connectivity index (χ1v) is 7.06. The molecular weight excluding hydrogens is 276 g/mol. The van der Waals surface area contributed by atoms with Crippen LogP contribution in [0.15, 0.2) is 24.4 Å². The zero-order chi connectivity index (χ0) is 14.3. The molecule has 2 aromatic rings. The van der Waals surface area contributed by atoms with Crippen LogP contribution < -0.4 is 0 Å². The minimum Gasteiger partial charge on any atom is -0.339 e. The van der Waals surface area contributed by atoms with Crippen molar-refractivity contribution in [2.24, 2.45) is 0 Å². The fourth-order valence-electron chi connectivity index (χ4n) is 2.72. The van der Waals surface area contributed by atoms with Gasteiger partial charge in [0.05, 0.1) is 11.1 Å². The second-order valence-electron chi connectivity index (χ2n) is 5.09. The minimum absolute atomic E-state index is 0.0187. The highest BCUT2D eigenvalue weighted by molar-refractivity contribution is 6.31. The third kappa shape index (κ3) is 2.10. The molecule has 1 aromatic carbocycles. The Balaban J connectivity index is 2.16. The molecule has 1 aromatic heterocycles. The van der Waals surface area contributed by atoms with Crippen molar-refractivity contribution in [1.29, 1.82) is 0 Å². The molecule has 5 heteroatoms. The molecule has 0 unspecified atom stereocenters. The molecule has 0 N–H and O–H groups in total. The van der Waals surface area contributed by atoms with E-state index in [-0.39, 0.29) is 11.8 Å². The molecule has 1 fully saturated rings. The Kier molecular flexibility index (Phi) is 3.26. The third-order valence-corrected chi connectivity index (χ3v) is 3.96. The van der Waals surface area contributed by atoms with Gasteiger partial charge in [0.2, 0.25) is 5.91 Å². The van der Waals surface area contributed by atoms with Gasteiger partial charge in [0.25, 0.3) is 5.91 Å². The van der Waals surface area contributed by atoms with Crippen LogP contribution >= 0.6 is 11.6 Å². The quantitative estimate of drug-likeness (QED) is 0.809. The maximum atomic E-state index is 12.6. The van der Waals surface area contributed by atoms with Crippen LogP contribution in [0, 0.1) is 0 Å². The lowest BCUT2D eigenvalue weighted by Crippen LogP contribution is -2.27. The van der Waals surface area contributed by atoms with E-state index in [9.17, 15) is 9.59 Å². The SMILES string of the molecule is CC(=O)n1cc(C(=O)N2CCCC2)c2cc(Cl)ccc21. The van der Waals surface area contributed by atoms with Crippen molar-refractivity contribution in [2.75, 3.05) is 13.1 Å². The molecular formula is C15H15ClN2O2. The minimum atomic E-state index is -0.113. The number of carbonyl (C=O) groups is 2. The molecule has 0 radical (unpaired) electrons. The molecule has 1 amide bonds. The molecule has 104 valence electrons. The Morgan fingerprint density at radius 1 is 1.20 bits per heavy atom. The van der Waals surface area contributed by atoms with Gasteiger partial charge >= 0.3 is 0 Å². The summed E-state index contributed by atoms with van der Waals surface area (Å²) in [5.74, 6) is -0.132. The van der Waals surface area contributed by atoms with Gasteiger partial charge in [0, 0.05) is 36.6 Å². The van der Waals surface area contributed by atoms with Gasteiger partial charge in [0.15, 0.2) is 0 Å². The predicted molar refractivity (Wildman–Crippen MR) is 78.4 cm³/mol. The highest BCUT2D eigenvalue weighted by atomic mass is 35.5. The van der Waals surface area contributed by atoms with Gasteiger partial charge in [-0.3, -0.25) is 14.2 Å². The van der Waals surface area contributed by atoms with Crippen LogP contribution in [0.2, 0.25) is 5.02 Å². The predicted octanol–water partition coefficient (Wildman–Crippen LogP) is 3.19. The van der Waals surface area contributed by atoms with E-state index in [0.29, 0.717) is 10.6 Å². The smallest absolute Gasteiger partial charge is 0.256 e. The second-order valence-corrected chi connectivity index (χ2v) is 5.53. The van der Waals surface area contributed by atoms with Gasteiger partial charge < -0.3 is 4.90 Å². The average molecular weight is 291 g/mol. The lowest BCUT2D eigenvalue weighted by molar-refractivity contribution is 0.0794. The number of benzene rings is 1. The average Bonchev–Trinajstić information content (AvgIpc) is 3.05. The van der Waals surface area contributed by atoms with E-state index in [4.69, 9.17) is 11.6 Å². The fourth-order valence-corrected chi connectivity index (χ4v) is 2.90. The summed E-state index contributed by atoms with van der Waals surface area (Å²) >= 11 is 6.02. The molecule has 4 nitrogen and oxygen atoms in total. The molecule has 0 saturated carbocycles. The summed E-state index contributed by atoms with van der Waals surface area (Å²) in [6.07, 6.45) is 3.71. The first-order valence-electron chi connectivity index (χ1n) is 6.69. The van der Waals surface area contributed by atoms with Gasteiger partial charge in [-0.05, 0) is 31.0 Å². The van der Waals surface area contributed by atoms with Crippen LogP contribution in [0.3, 0.4) is 0 Å². The molecule has 0 spiro atoms. The number of nitrogens with zero attached hydrogens (tertiary/aromatic N) is 2. The van der Waals surface area contributed by atoms with Crippen LogP contribution in [0.25, 0.3) is 10.9 Å². The van der Waals surface area contributed by atoms with E-state index in [1.54, 1.807) is 24.4 Å². The number of carbonyl (C=O) groups excluding carboxylic acids is 2. The Hall–Kier alpha value is -1.81. The zero-order valence-electron chi connectivity index (χ0n) is 11.2. The summed E-state index contributed by atoms with van der Waals surface area (Å²) < 4.78 is 1.51. The largest absolute Gasteiger partial charge is 0.339 e. The molecule has 2 heterocycles. The van der Waals surface area contributed by atoms with E-state index in [2.05, 4.69) is 0 Å².